The van der Waals surface area contributed by atoms with E-state index in [9.17, 15) is 9.59 Å². The number of carbonyl (C=O) groups excluding carboxylic acids is 2. The first kappa shape index (κ1) is 21.9. The van der Waals surface area contributed by atoms with Gasteiger partial charge >= 0.3 is 11.9 Å². The van der Waals surface area contributed by atoms with Gasteiger partial charge in [0.1, 0.15) is 12.2 Å². The summed E-state index contributed by atoms with van der Waals surface area (Å²) in [5.74, 6) is 1.07. The van der Waals surface area contributed by atoms with Crippen LogP contribution in [0, 0.1) is 29.1 Å². The van der Waals surface area contributed by atoms with Gasteiger partial charge in [-0.3, -0.25) is 4.79 Å². The Labute approximate surface area is 175 Å². The van der Waals surface area contributed by atoms with E-state index in [1.54, 1.807) is 0 Å². The molecule has 4 nitrogen and oxygen atoms in total. The molecule has 29 heavy (non-hydrogen) atoms. The van der Waals surface area contributed by atoms with Crippen LogP contribution in [-0.2, 0) is 19.1 Å². The fraction of sp³-hybridized carbons (Fsp3) is 0.680. The Morgan fingerprint density at radius 3 is 2.69 bits per heavy atom. The quantitative estimate of drug-likeness (QED) is 0.561. The number of hydrogen-bond acceptors (Lipinski definition) is 4. The van der Waals surface area contributed by atoms with Gasteiger partial charge in [0.15, 0.2) is 0 Å². The molecule has 0 unspecified atom stereocenters. The van der Waals surface area contributed by atoms with Crippen LogP contribution in [0.2, 0.25) is 0 Å². The van der Waals surface area contributed by atoms with Crippen LogP contribution >= 0.6 is 0 Å². The molecule has 4 heteroatoms. The molecular weight excluding hydrogens is 364 g/mol. The SMILES string of the molecule is CCC(C)(C)C(=O)O[C@H]1C[C@@H](C)C=C2C=C[C@H](C)[C@H](CC[C@@H]3CC=CC(=O)O3)[C@@H]21. The van der Waals surface area contributed by atoms with Gasteiger partial charge in [0.25, 0.3) is 0 Å². The summed E-state index contributed by atoms with van der Waals surface area (Å²) < 4.78 is 11.6. The Morgan fingerprint density at radius 2 is 2.00 bits per heavy atom. The summed E-state index contributed by atoms with van der Waals surface area (Å²) in [6, 6.07) is 0. The van der Waals surface area contributed by atoms with Gasteiger partial charge in [-0.1, -0.05) is 45.1 Å². The van der Waals surface area contributed by atoms with E-state index in [1.807, 2.05) is 26.8 Å². The summed E-state index contributed by atoms with van der Waals surface area (Å²) in [4.78, 5) is 24.4. The van der Waals surface area contributed by atoms with Crippen molar-refractivity contribution in [1.29, 1.82) is 0 Å². The smallest absolute Gasteiger partial charge is 0.330 e. The molecule has 0 bridgehead atoms. The summed E-state index contributed by atoms with van der Waals surface area (Å²) >= 11 is 0. The monoisotopic (exact) mass is 400 g/mol. The minimum absolute atomic E-state index is 0.0411. The summed E-state index contributed by atoms with van der Waals surface area (Å²) in [7, 11) is 0. The first-order chi connectivity index (χ1) is 13.7. The molecule has 0 aromatic rings. The van der Waals surface area contributed by atoms with Crippen LogP contribution in [0.5, 0.6) is 0 Å². The lowest BCUT2D eigenvalue weighted by atomic mass is 9.65. The second-order valence-electron chi connectivity index (χ2n) is 9.74. The highest BCUT2D eigenvalue weighted by atomic mass is 16.5. The van der Waals surface area contributed by atoms with Gasteiger partial charge in [-0.15, -0.1) is 0 Å². The Hall–Kier alpha value is -1.84. The zero-order chi connectivity index (χ0) is 21.2. The van der Waals surface area contributed by atoms with E-state index in [0.717, 1.165) is 32.1 Å². The fourth-order valence-corrected chi connectivity index (χ4v) is 4.79. The highest BCUT2D eigenvalue weighted by molar-refractivity contribution is 5.82. The molecule has 0 aromatic heterocycles. The number of fused-ring (bicyclic) bond motifs is 1. The van der Waals surface area contributed by atoms with Crippen LogP contribution in [0.3, 0.4) is 0 Å². The van der Waals surface area contributed by atoms with E-state index in [4.69, 9.17) is 9.47 Å². The molecule has 6 atom stereocenters. The number of carbonyl (C=O) groups is 2. The fourth-order valence-electron chi connectivity index (χ4n) is 4.79. The zero-order valence-corrected chi connectivity index (χ0v) is 18.5. The lowest BCUT2D eigenvalue weighted by Gasteiger charge is -2.44. The van der Waals surface area contributed by atoms with Crippen LogP contribution in [0.1, 0.15) is 66.7 Å². The minimum Gasteiger partial charge on any atom is -0.461 e. The van der Waals surface area contributed by atoms with Crippen molar-refractivity contribution in [2.24, 2.45) is 29.1 Å². The lowest BCUT2D eigenvalue weighted by molar-refractivity contribution is -0.165. The average molecular weight is 401 g/mol. The maximum Gasteiger partial charge on any atom is 0.330 e. The number of hydrogen-bond donors (Lipinski definition) is 0. The first-order valence-corrected chi connectivity index (χ1v) is 11.2. The first-order valence-electron chi connectivity index (χ1n) is 11.2. The number of rotatable bonds is 6. The second kappa shape index (κ2) is 8.89. The molecule has 0 spiro atoms. The Bertz CT molecular complexity index is 714. The van der Waals surface area contributed by atoms with E-state index in [0.29, 0.717) is 17.8 Å². The minimum atomic E-state index is -0.460. The van der Waals surface area contributed by atoms with E-state index in [1.165, 1.54) is 11.6 Å². The maximum atomic E-state index is 12.8. The van der Waals surface area contributed by atoms with Crippen LogP contribution in [0.15, 0.2) is 36.0 Å². The predicted octanol–water partition coefficient (Wildman–Crippen LogP) is 5.39. The van der Waals surface area contributed by atoms with Crippen molar-refractivity contribution in [3.8, 4) is 0 Å². The third kappa shape index (κ3) is 5.02. The number of ether oxygens (including phenoxy) is 2. The van der Waals surface area contributed by atoms with E-state index < -0.39 is 5.41 Å². The van der Waals surface area contributed by atoms with Gasteiger partial charge < -0.3 is 9.47 Å². The molecule has 0 amide bonds. The molecule has 0 radical (unpaired) electrons. The second-order valence-corrected chi connectivity index (χ2v) is 9.74. The van der Waals surface area contributed by atoms with Gasteiger partial charge in [-0.2, -0.15) is 0 Å². The van der Waals surface area contributed by atoms with Crippen molar-refractivity contribution >= 4 is 11.9 Å². The van der Waals surface area contributed by atoms with Crippen LogP contribution in [0.25, 0.3) is 0 Å². The summed E-state index contributed by atoms with van der Waals surface area (Å²) in [6.45, 7) is 10.4. The number of allylic oxidation sites excluding steroid dienone is 3. The van der Waals surface area contributed by atoms with Crippen molar-refractivity contribution in [3.63, 3.8) is 0 Å². The summed E-state index contributed by atoms with van der Waals surface area (Å²) in [6.07, 6.45) is 14.4. The molecule has 0 saturated heterocycles. The van der Waals surface area contributed by atoms with Gasteiger partial charge in [-0.25, -0.2) is 4.79 Å². The Morgan fingerprint density at radius 1 is 1.24 bits per heavy atom. The Balaban J connectivity index is 1.77. The van der Waals surface area contributed by atoms with E-state index in [-0.39, 0.29) is 30.1 Å². The molecule has 0 N–H and O–H groups in total. The standard InChI is InChI=1S/C25H36O4/c1-6-25(4,5)24(27)29-21-15-16(2)14-18-11-10-17(3)20(23(18)21)13-12-19-8-7-9-22(26)28-19/h7,9-11,14,16-17,19-21,23H,6,8,12-13,15H2,1-5H3/t16-,17-,19-,20-,21-,23+/m0/s1. The van der Waals surface area contributed by atoms with Crippen LogP contribution < -0.4 is 0 Å². The number of esters is 2. The molecule has 160 valence electrons. The third-order valence-corrected chi connectivity index (χ3v) is 7.05. The molecule has 3 aliphatic rings. The highest BCUT2D eigenvalue weighted by Crippen LogP contribution is 2.45. The van der Waals surface area contributed by atoms with Crippen molar-refractivity contribution in [1.82, 2.24) is 0 Å². The largest absolute Gasteiger partial charge is 0.461 e. The van der Waals surface area contributed by atoms with E-state index >= 15 is 0 Å². The Kier molecular flexibility index (Phi) is 6.70. The molecule has 1 heterocycles. The normalized spacial score (nSPS) is 34.2. The van der Waals surface area contributed by atoms with Gasteiger partial charge in [0, 0.05) is 18.4 Å². The van der Waals surface area contributed by atoms with Crippen molar-refractivity contribution in [2.75, 3.05) is 0 Å². The molecule has 2 aliphatic carbocycles. The van der Waals surface area contributed by atoms with Crippen molar-refractivity contribution in [3.05, 3.63) is 36.0 Å². The molecule has 1 aliphatic heterocycles. The van der Waals surface area contributed by atoms with Crippen LogP contribution in [-0.4, -0.2) is 24.1 Å². The summed E-state index contributed by atoms with van der Waals surface area (Å²) in [5, 5.41) is 0. The molecule has 0 fully saturated rings. The maximum absolute atomic E-state index is 12.8. The highest BCUT2D eigenvalue weighted by Gasteiger charge is 2.43. The third-order valence-electron chi connectivity index (χ3n) is 7.05. The van der Waals surface area contributed by atoms with Crippen molar-refractivity contribution < 1.29 is 19.1 Å². The topological polar surface area (TPSA) is 52.6 Å². The molecule has 3 rings (SSSR count). The predicted molar refractivity (Wildman–Crippen MR) is 114 cm³/mol. The lowest BCUT2D eigenvalue weighted by Crippen LogP contribution is -2.43. The molecule has 0 aromatic carbocycles. The van der Waals surface area contributed by atoms with Gasteiger partial charge in [-0.05, 0) is 62.9 Å². The summed E-state index contributed by atoms with van der Waals surface area (Å²) in [5.41, 5.74) is 0.846. The van der Waals surface area contributed by atoms with Crippen molar-refractivity contribution in [2.45, 2.75) is 78.9 Å². The zero-order valence-electron chi connectivity index (χ0n) is 18.5. The van der Waals surface area contributed by atoms with E-state index in [2.05, 4.69) is 32.1 Å². The molecule has 0 saturated carbocycles. The number of cyclic esters (lactones) is 1. The van der Waals surface area contributed by atoms with Gasteiger partial charge in [0.2, 0.25) is 0 Å². The van der Waals surface area contributed by atoms with Gasteiger partial charge in [0.05, 0.1) is 5.41 Å². The average Bonchev–Trinajstić information content (AvgIpc) is 2.67. The van der Waals surface area contributed by atoms with Crippen LogP contribution in [0.4, 0.5) is 0 Å². The molecular formula is C25H36O4.